The van der Waals surface area contributed by atoms with Gasteiger partial charge in [-0.3, -0.25) is 9.59 Å². The Kier molecular flexibility index (Phi) is 9.41. The van der Waals surface area contributed by atoms with Crippen LogP contribution in [0, 0.1) is 5.92 Å². The van der Waals surface area contributed by atoms with Crippen molar-refractivity contribution in [3.05, 3.63) is 36.4 Å². The Bertz CT molecular complexity index is 531. The Hall–Kier alpha value is -2.18. The highest BCUT2D eigenvalue weighted by Gasteiger charge is 2.18. The van der Waals surface area contributed by atoms with E-state index in [0.717, 1.165) is 19.3 Å². The quantitative estimate of drug-likeness (QED) is 0.295. The van der Waals surface area contributed by atoms with Crippen molar-refractivity contribution in [3.63, 3.8) is 0 Å². The van der Waals surface area contributed by atoms with Gasteiger partial charge in [-0.2, -0.15) is 0 Å². The second kappa shape index (κ2) is 11.4. The number of rotatable bonds is 10. The summed E-state index contributed by atoms with van der Waals surface area (Å²) in [5.74, 6) is -1.39. The van der Waals surface area contributed by atoms with Gasteiger partial charge in [0.15, 0.2) is 0 Å². The largest absolute Gasteiger partial charge is 0.427 e. The van der Waals surface area contributed by atoms with Gasteiger partial charge in [-0.15, -0.1) is 0 Å². The molecule has 1 rings (SSSR count). The maximum Gasteiger partial charge on any atom is 0.319 e. The van der Waals surface area contributed by atoms with Crippen molar-refractivity contribution < 1.29 is 29.3 Å². The maximum atomic E-state index is 11.7. The van der Waals surface area contributed by atoms with Crippen LogP contribution in [0.2, 0.25) is 0 Å². The molecule has 0 aromatic heterocycles. The summed E-state index contributed by atoms with van der Waals surface area (Å²) in [5, 5.41) is 17.8. The summed E-state index contributed by atoms with van der Waals surface area (Å²) < 4.78 is 10.2. The first-order valence-corrected chi connectivity index (χ1v) is 7.99. The molecule has 132 valence electrons. The number of aliphatic hydroxyl groups is 2. The van der Waals surface area contributed by atoms with E-state index in [2.05, 4.69) is 13.0 Å². The molecule has 6 heteroatoms. The molecule has 0 spiro atoms. The first-order chi connectivity index (χ1) is 11.6. The Morgan fingerprint density at radius 1 is 1.04 bits per heavy atom. The third-order valence-electron chi connectivity index (χ3n) is 3.20. The molecule has 1 aromatic rings. The molecular weight excluding hydrogens is 312 g/mol. The zero-order valence-electron chi connectivity index (χ0n) is 13.8. The van der Waals surface area contributed by atoms with E-state index in [4.69, 9.17) is 19.7 Å². The van der Waals surface area contributed by atoms with E-state index in [1.807, 2.05) is 6.08 Å². The zero-order chi connectivity index (χ0) is 17.8. The minimum absolute atomic E-state index is 0.247. The fraction of sp³-hybridized carbons (Fsp3) is 0.444. The number of carbonyl (C=O) groups excluding carboxylic acids is 2. The highest BCUT2D eigenvalue weighted by atomic mass is 16.5. The van der Waals surface area contributed by atoms with E-state index in [0.29, 0.717) is 12.2 Å². The average molecular weight is 336 g/mol. The Morgan fingerprint density at radius 3 is 2.17 bits per heavy atom. The van der Waals surface area contributed by atoms with E-state index in [9.17, 15) is 9.59 Å². The number of ether oxygens (including phenoxy) is 2. The van der Waals surface area contributed by atoms with Gasteiger partial charge in [-0.1, -0.05) is 19.1 Å². The molecule has 0 saturated heterocycles. The van der Waals surface area contributed by atoms with Gasteiger partial charge in [-0.05, 0) is 43.5 Å². The predicted octanol–water partition coefficient (Wildman–Crippen LogP) is 2.23. The van der Waals surface area contributed by atoms with Crippen LogP contribution in [-0.4, -0.2) is 35.4 Å². The van der Waals surface area contributed by atoms with Crippen LogP contribution in [0.25, 0.3) is 0 Å². The minimum Gasteiger partial charge on any atom is -0.427 e. The van der Waals surface area contributed by atoms with Crippen LogP contribution in [0.5, 0.6) is 11.5 Å². The Balaban J connectivity index is 2.42. The van der Waals surface area contributed by atoms with Gasteiger partial charge in [0.05, 0.1) is 13.2 Å². The molecule has 1 aromatic carbocycles. The lowest BCUT2D eigenvalue weighted by molar-refractivity contribution is -0.141. The summed E-state index contributed by atoms with van der Waals surface area (Å²) in [7, 11) is 0. The minimum atomic E-state index is -0.968. The summed E-state index contributed by atoms with van der Waals surface area (Å²) in [4.78, 5) is 23.3. The number of hydrogen-bond donors (Lipinski definition) is 2. The lowest BCUT2D eigenvalue weighted by Crippen LogP contribution is -2.26. The second-order valence-electron chi connectivity index (χ2n) is 5.20. The van der Waals surface area contributed by atoms with Crippen molar-refractivity contribution in [2.24, 2.45) is 5.92 Å². The molecule has 0 radical (unpaired) electrons. The number of hydrogen-bond acceptors (Lipinski definition) is 6. The second-order valence-corrected chi connectivity index (χ2v) is 5.20. The molecule has 0 amide bonds. The fourth-order valence-corrected chi connectivity index (χ4v) is 1.81. The topological polar surface area (TPSA) is 93.1 Å². The summed E-state index contributed by atoms with van der Waals surface area (Å²) >= 11 is 0. The standard InChI is InChI=1S/C18H24O6/c1-2-3-4-5-6-7-17(21)23-15-8-10-16(11-9-15)24-18(22)14(12-19)13-20/h3-4,8-11,14,19-20H,2,5-7,12-13H2,1H3/b4-3-. The monoisotopic (exact) mass is 336 g/mol. The molecule has 0 saturated carbocycles. The van der Waals surface area contributed by atoms with E-state index >= 15 is 0 Å². The normalized spacial score (nSPS) is 11.0. The van der Waals surface area contributed by atoms with Gasteiger partial charge >= 0.3 is 11.9 Å². The average Bonchev–Trinajstić information content (AvgIpc) is 2.57. The van der Waals surface area contributed by atoms with E-state index in [1.54, 1.807) is 0 Å². The number of esters is 2. The van der Waals surface area contributed by atoms with Gasteiger partial charge in [-0.25, -0.2) is 0 Å². The fourth-order valence-electron chi connectivity index (χ4n) is 1.81. The smallest absolute Gasteiger partial charge is 0.319 e. The number of allylic oxidation sites excluding steroid dienone is 2. The Labute approximate surface area is 141 Å². The lowest BCUT2D eigenvalue weighted by Gasteiger charge is -2.11. The summed E-state index contributed by atoms with van der Waals surface area (Å²) in [6.07, 6.45) is 6.99. The molecule has 0 atom stereocenters. The van der Waals surface area contributed by atoms with Crippen LogP contribution in [-0.2, 0) is 9.59 Å². The lowest BCUT2D eigenvalue weighted by atomic mass is 10.2. The molecule has 0 heterocycles. The van der Waals surface area contributed by atoms with Crippen LogP contribution >= 0.6 is 0 Å². The SMILES string of the molecule is CC/C=C\CCCC(=O)Oc1ccc(OC(=O)C(CO)CO)cc1. The molecule has 0 unspecified atom stereocenters. The van der Waals surface area contributed by atoms with Gasteiger partial charge in [0.1, 0.15) is 17.4 Å². The predicted molar refractivity (Wildman–Crippen MR) is 88.7 cm³/mol. The molecule has 0 aliphatic carbocycles. The molecule has 2 N–H and O–H groups in total. The van der Waals surface area contributed by atoms with E-state index in [1.165, 1.54) is 24.3 Å². The van der Waals surface area contributed by atoms with Crippen molar-refractivity contribution in [2.75, 3.05) is 13.2 Å². The Morgan fingerprint density at radius 2 is 1.62 bits per heavy atom. The zero-order valence-corrected chi connectivity index (χ0v) is 13.8. The maximum absolute atomic E-state index is 11.7. The number of carbonyl (C=O) groups is 2. The van der Waals surface area contributed by atoms with Crippen LogP contribution in [0.4, 0.5) is 0 Å². The van der Waals surface area contributed by atoms with Crippen LogP contribution < -0.4 is 9.47 Å². The number of benzene rings is 1. The van der Waals surface area contributed by atoms with Gasteiger partial charge in [0, 0.05) is 6.42 Å². The summed E-state index contributed by atoms with van der Waals surface area (Å²) in [6, 6.07) is 6.00. The highest BCUT2D eigenvalue weighted by Crippen LogP contribution is 2.19. The van der Waals surface area contributed by atoms with E-state index in [-0.39, 0.29) is 11.7 Å². The van der Waals surface area contributed by atoms with Crippen molar-refractivity contribution in [3.8, 4) is 11.5 Å². The van der Waals surface area contributed by atoms with Crippen molar-refractivity contribution in [1.82, 2.24) is 0 Å². The number of aliphatic hydroxyl groups excluding tert-OH is 2. The third kappa shape index (κ3) is 7.39. The van der Waals surface area contributed by atoms with E-state index < -0.39 is 25.1 Å². The molecule has 6 nitrogen and oxygen atoms in total. The molecule has 24 heavy (non-hydrogen) atoms. The molecule has 0 bridgehead atoms. The summed E-state index contributed by atoms with van der Waals surface area (Å²) in [6.45, 7) is 1.08. The third-order valence-corrected chi connectivity index (χ3v) is 3.20. The van der Waals surface area contributed by atoms with Crippen LogP contribution in [0.15, 0.2) is 36.4 Å². The molecule has 0 fully saturated rings. The summed E-state index contributed by atoms with van der Waals surface area (Å²) in [5.41, 5.74) is 0. The van der Waals surface area contributed by atoms with Crippen LogP contribution in [0.1, 0.15) is 32.6 Å². The van der Waals surface area contributed by atoms with Crippen molar-refractivity contribution >= 4 is 11.9 Å². The van der Waals surface area contributed by atoms with Crippen molar-refractivity contribution in [2.45, 2.75) is 32.6 Å². The first-order valence-electron chi connectivity index (χ1n) is 7.99. The van der Waals surface area contributed by atoms with Crippen molar-refractivity contribution in [1.29, 1.82) is 0 Å². The molecule has 0 aliphatic rings. The van der Waals surface area contributed by atoms with Gasteiger partial charge < -0.3 is 19.7 Å². The van der Waals surface area contributed by atoms with Crippen LogP contribution in [0.3, 0.4) is 0 Å². The molecular formula is C18H24O6. The first kappa shape index (κ1) is 19.9. The number of unbranched alkanes of at least 4 members (excludes halogenated alkanes) is 1. The molecule has 0 aliphatic heterocycles. The highest BCUT2D eigenvalue weighted by molar-refractivity contribution is 5.75. The van der Waals surface area contributed by atoms with Gasteiger partial charge in [0.2, 0.25) is 0 Å². The van der Waals surface area contributed by atoms with Gasteiger partial charge in [0.25, 0.3) is 0 Å².